The lowest BCUT2D eigenvalue weighted by molar-refractivity contribution is -0.302. The molecule has 0 spiro atoms. The van der Waals surface area contributed by atoms with Gasteiger partial charge in [0.2, 0.25) is 5.91 Å². The van der Waals surface area contributed by atoms with Gasteiger partial charge in [0.05, 0.1) is 25.4 Å². The van der Waals surface area contributed by atoms with Gasteiger partial charge in [-0.25, -0.2) is 0 Å². The topological polar surface area (TPSA) is 149 Å². The monoisotopic (exact) mass is 698 g/mol. The van der Waals surface area contributed by atoms with Crippen molar-refractivity contribution in [3.05, 3.63) is 24.3 Å². The Morgan fingerprint density at radius 2 is 1.16 bits per heavy atom. The van der Waals surface area contributed by atoms with E-state index in [4.69, 9.17) is 9.47 Å². The van der Waals surface area contributed by atoms with Gasteiger partial charge in [-0.2, -0.15) is 0 Å². The molecule has 7 unspecified atom stereocenters. The fraction of sp³-hybridized carbons (Fsp3) is 0.875. The lowest BCUT2D eigenvalue weighted by Gasteiger charge is -2.40. The molecule has 0 bridgehead atoms. The molecule has 1 heterocycles. The summed E-state index contributed by atoms with van der Waals surface area (Å²) in [7, 11) is 0. The Bertz CT molecular complexity index is 822. The van der Waals surface area contributed by atoms with Crippen LogP contribution in [0, 0.1) is 0 Å². The van der Waals surface area contributed by atoms with Crippen molar-refractivity contribution in [1.82, 2.24) is 5.32 Å². The second-order valence-electron chi connectivity index (χ2n) is 14.1. The molecule has 1 amide bonds. The van der Waals surface area contributed by atoms with Gasteiger partial charge in [0, 0.05) is 6.42 Å². The highest BCUT2D eigenvalue weighted by Gasteiger charge is 2.44. The van der Waals surface area contributed by atoms with Crippen molar-refractivity contribution in [2.75, 3.05) is 13.2 Å². The van der Waals surface area contributed by atoms with Crippen LogP contribution in [0.15, 0.2) is 24.3 Å². The summed E-state index contributed by atoms with van der Waals surface area (Å²) in [5.74, 6) is -0.193. The molecule has 0 saturated carbocycles. The second-order valence-corrected chi connectivity index (χ2v) is 14.1. The average molecular weight is 698 g/mol. The summed E-state index contributed by atoms with van der Waals surface area (Å²) in [6, 6.07) is -0.813. The maximum absolute atomic E-state index is 12.8. The minimum Gasteiger partial charge on any atom is -0.394 e. The summed E-state index contributed by atoms with van der Waals surface area (Å²) >= 11 is 0. The molecule has 0 aliphatic carbocycles. The lowest BCUT2D eigenvalue weighted by Crippen LogP contribution is -2.60. The summed E-state index contributed by atoms with van der Waals surface area (Å²) in [5, 5.41) is 53.8. The first-order valence-electron chi connectivity index (χ1n) is 20.1. The zero-order valence-corrected chi connectivity index (χ0v) is 31.2. The first kappa shape index (κ1) is 45.7. The number of aliphatic hydroxyl groups is 5. The van der Waals surface area contributed by atoms with E-state index < -0.39 is 49.5 Å². The van der Waals surface area contributed by atoms with Crippen molar-refractivity contribution in [2.24, 2.45) is 0 Å². The van der Waals surface area contributed by atoms with E-state index in [9.17, 15) is 30.3 Å². The molecule has 1 saturated heterocycles. The molecule has 1 fully saturated rings. The third kappa shape index (κ3) is 23.0. The lowest BCUT2D eigenvalue weighted by atomic mass is 9.99. The van der Waals surface area contributed by atoms with Crippen LogP contribution in [0.3, 0.4) is 0 Å². The molecule has 288 valence electrons. The predicted molar refractivity (Wildman–Crippen MR) is 198 cm³/mol. The van der Waals surface area contributed by atoms with Crippen LogP contribution in [0.1, 0.15) is 168 Å². The molecule has 0 aromatic carbocycles. The van der Waals surface area contributed by atoms with Gasteiger partial charge in [-0.05, 0) is 32.1 Å². The van der Waals surface area contributed by atoms with Crippen molar-refractivity contribution >= 4 is 5.91 Å². The predicted octanol–water partition coefficient (Wildman–Crippen LogP) is 7.16. The number of amides is 1. The van der Waals surface area contributed by atoms with E-state index in [0.717, 1.165) is 38.5 Å². The van der Waals surface area contributed by atoms with E-state index in [2.05, 4.69) is 31.3 Å². The van der Waals surface area contributed by atoms with Gasteiger partial charge in [0.1, 0.15) is 24.4 Å². The minimum atomic E-state index is -1.57. The smallest absolute Gasteiger partial charge is 0.220 e. The standard InChI is InChI=1S/C40H75NO8/c1-3-5-7-9-11-13-14-15-16-17-18-19-20-21-22-23-25-27-29-34(43)33(41-36(44)30-28-26-24-12-10-8-6-4-2)32-48-40-39(47)38(46)37(45)35(31-42)49-40/h21-22,27,29,33-35,37-40,42-43,45-47H,3-20,23-26,28,30-32H2,1-2H3,(H,41,44)/b22-21+,29-27+. The molecule has 9 heteroatoms. The quantitative estimate of drug-likeness (QED) is 0.0320. The minimum absolute atomic E-state index is 0.193. The number of hydrogen-bond donors (Lipinski definition) is 6. The van der Waals surface area contributed by atoms with Gasteiger partial charge in [-0.3, -0.25) is 4.79 Å². The van der Waals surface area contributed by atoms with Crippen molar-refractivity contribution in [3.8, 4) is 0 Å². The van der Waals surface area contributed by atoms with Crippen LogP contribution in [0.5, 0.6) is 0 Å². The summed E-state index contributed by atoms with van der Waals surface area (Å²) < 4.78 is 11.1. The Hall–Kier alpha value is -1.33. The summed E-state index contributed by atoms with van der Waals surface area (Å²) in [6.45, 7) is 3.70. The first-order valence-corrected chi connectivity index (χ1v) is 20.1. The summed E-state index contributed by atoms with van der Waals surface area (Å²) in [4.78, 5) is 12.8. The van der Waals surface area contributed by atoms with Crippen LogP contribution in [0.4, 0.5) is 0 Å². The van der Waals surface area contributed by atoms with Crippen LogP contribution in [0.25, 0.3) is 0 Å². The molecule has 49 heavy (non-hydrogen) atoms. The van der Waals surface area contributed by atoms with Gasteiger partial charge < -0.3 is 40.3 Å². The maximum atomic E-state index is 12.8. The molecule has 0 radical (unpaired) electrons. The van der Waals surface area contributed by atoms with Gasteiger partial charge >= 0.3 is 0 Å². The number of nitrogens with one attached hydrogen (secondary N) is 1. The Morgan fingerprint density at radius 1 is 0.673 bits per heavy atom. The van der Waals surface area contributed by atoms with Crippen molar-refractivity contribution in [3.63, 3.8) is 0 Å². The first-order chi connectivity index (χ1) is 23.8. The van der Waals surface area contributed by atoms with E-state index in [1.54, 1.807) is 6.08 Å². The molecule has 1 rings (SSSR count). The normalized spacial score (nSPS) is 22.6. The zero-order valence-electron chi connectivity index (χ0n) is 31.2. The van der Waals surface area contributed by atoms with Crippen LogP contribution in [0.2, 0.25) is 0 Å². The van der Waals surface area contributed by atoms with Crippen molar-refractivity contribution < 1.29 is 39.8 Å². The van der Waals surface area contributed by atoms with Crippen LogP contribution < -0.4 is 5.32 Å². The number of carbonyl (C=O) groups is 1. The number of hydrogen-bond acceptors (Lipinski definition) is 8. The summed E-state index contributed by atoms with van der Waals surface area (Å²) in [6.07, 6.45) is 28.1. The van der Waals surface area contributed by atoms with E-state index in [1.807, 2.05) is 6.08 Å². The number of carbonyl (C=O) groups excluding carboxylic acids is 1. The Balaban J connectivity index is 2.42. The molecule has 7 atom stereocenters. The van der Waals surface area contributed by atoms with E-state index >= 15 is 0 Å². The molecule has 0 aromatic heterocycles. The maximum Gasteiger partial charge on any atom is 0.220 e. The van der Waals surface area contributed by atoms with E-state index in [1.165, 1.54) is 109 Å². The highest BCUT2D eigenvalue weighted by molar-refractivity contribution is 5.76. The SMILES string of the molecule is CCCCCCCCCCCCCC/C=C/CC/C=C/C(O)C(COC1OC(CO)C(O)C(O)C1O)NC(=O)CCCCCCCCCC. The fourth-order valence-electron chi connectivity index (χ4n) is 6.23. The third-order valence-corrected chi connectivity index (χ3v) is 9.53. The van der Waals surface area contributed by atoms with E-state index in [0.29, 0.717) is 6.42 Å². The summed E-state index contributed by atoms with van der Waals surface area (Å²) in [5.41, 5.74) is 0. The molecule has 1 aliphatic heterocycles. The molecular weight excluding hydrogens is 622 g/mol. The van der Waals surface area contributed by atoms with Crippen molar-refractivity contribution in [2.45, 2.75) is 211 Å². The molecule has 0 aromatic rings. The molecule has 6 N–H and O–H groups in total. The Kier molecular flexibility index (Phi) is 29.3. The number of ether oxygens (including phenoxy) is 2. The number of allylic oxidation sites excluding steroid dienone is 3. The Morgan fingerprint density at radius 3 is 1.71 bits per heavy atom. The number of aliphatic hydroxyl groups excluding tert-OH is 5. The molecule has 9 nitrogen and oxygen atoms in total. The largest absolute Gasteiger partial charge is 0.394 e. The highest BCUT2D eigenvalue weighted by atomic mass is 16.7. The highest BCUT2D eigenvalue weighted by Crippen LogP contribution is 2.22. The van der Waals surface area contributed by atoms with Crippen molar-refractivity contribution in [1.29, 1.82) is 0 Å². The van der Waals surface area contributed by atoms with Crippen LogP contribution in [-0.4, -0.2) is 87.5 Å². The van der Waals surface area contributed by atoms with E-state index in [-0.39, 0.29) is 12.5 Å². The van der Waals surface area contributed by atoms with Gasteiger partial charge in [-0.1, -0.05) is 154 Å². The fourth-order valence-corrected chi connectivity index (χ4v) is 6.23. The average Bonchev–Trinajstić information content (AvgIpc) is 3.10. The number of unbranched alkanes of at least 4 members (excludes halogenated alkanes) is 20. The number of rotatable bonds is 32. The Labute approximate surface area is 298 Å². The third-order valence-electron chi connectivity index (χ3n) is 9.53. The second kappa shape index (κ2) is 31.4. The zero-order chi connectivity index (χ0) is 36.0. The van der Waals surface area contributed by atoms with Crippen LogP contribution >= 0.6 is 0 Å². The van der Waals surface area contributed by atoms with Gasteiger partial charge in [0.15, 0.2) is 6.29 Å². The molecule has 1 aliphatic rings. The van der Waals surface area contributed by atoms with Gasteiger partial charge in [-0.15, -0.1) is 0 Å². The van der Waals surface area contributed by atoms with Crippen LogP contribution in [-0.2, 0) is 14.3 Å². The van der Waals surface area contributed by atoms with Gasteiger partial charge in [0.25, 0.3) is 0 Å². The molecular formula is C40H75NO8.